The summed E-state index contributed by atoms with van der Waals surface area (Å²) in [5.74, 6) is -5.62. The molecule has 0 fully saturated rings. The SMILES string of the molecule is NC(=O)CCCC(F)(F)C(F)(F)F. The highest BCUT2D eigenvalue weighted by Crippen LogP contribution is 2.38. The third-order valence-electron chi connectivity index (χ3n) is 1.33. The molecule has 13 heavy (non-hydrogen) atoms. The van der Waals surface area contributed by atoms with Crippen molar-refractivity contribution in [3.63, 3.8) is 0 Å². The molecule has 2 nitrogen and oxygen atoms in total. The van der Waals surface area contributed by atoms with Crippen LogP contribution in [0.4, 0.5) is 22.0 Å². The van der Waals surface area contributed by atoms with Crippen LogP contribution in [0.25, 0.3) is 0 Å². The van der Waals surface area contributed by atoms with Gasteiger partial charge in [0.1, 0.15) is 0 Å². The molecule has 0 aromatic carbocycles. The Hall–Kier alpha value is -0.880. The Morgan fingerprint density at radius 3 is 1.92 bits per heavy atom. The maximum absolute atomic E-state index is 12.1. The molecule has 0 unspecified atom stereocenters. The van der Waals surface area contributed by atoms with Crippen LogP contribution < -0.4 is 5.73 Å². The molecule has 0 rings (SSSR count). The summed E-state index contributed by atoms with van der Waals surface area (Å²) in [6.45, 7) is 0. The number of amides is 1. The zero-order valence-corrected chi connectivity index (χ0v) is 6.50. The molecular formula is C6H8F5NO. The van der Waals surface area contributed by atoms with Crippen LogP contribution >= 0.6 is 0 Å². The Morgan fingerprint density at radius 1 is 1.15 bits per heavy atom. The van der Waals surface area contributed by atoms with Crippen LogP contribution in [-0.4, -0.2) is 18.0 Å². The fraction of sp³-hybridized carbons (Fsp3) is 0.833. The topological polar surface area (TPSA) is 43.1 Å². The lowest BCUT2D eigenvalue weighted by atomic mass is 10.1. The second-order valence-corrected chi connectivity index (χ2v) is 2.52. The van der Waals surface area contributed by atoms with Crippen molar-refractivity contribution in [2.24, 2.45) is 5.73 Å². The van der Waals surface area contributed by atoms with Gasteiger partial charge in [0.15, 0.2) is 0 Å². The minimum Gasteiger partial charge on any atom is -0.370 e. The number of hydrogen-bond acceptors (Lipinski definition) is 1. The molecule has 2 N–H and O–H groups in total. The van der Waals surface area contributed by atoms with Crippen molar-refractivity contribution in [2.45, 2.75) is 31.4 Å². The summed E-state index contributed by atoms with van der Waals surface area (Å²) in [6, 6.07) is 0. The number of carbonyl (C=O) groups excluding carboxylic acids is 1. The van der Waals surface area contributed by atoms with E-state index in [-0.39, 0.29) is 0 Å². The second-order valence-electron chi connectivity index (χ2n) is 2.52. The van der Waals surface area contributed by atoms with Crippen molar-refractivity contribution in [3.8, 4) is 0 Å². The average molecular weight is 205 g/mol. The first-order valence-electron chi connectivity index (χ1n) is 3.39. The van der Waals surface area contributed by atoms with E-state index in [1.807, 2.05) is 0 Å². The third kappa shape index (κ3) is 4.05. The molecule has 0 saturated carbocycles. The molecule has 0 radical (unpaired) electrons. The summed E-state index contributed by atoms with van der Waals surface area (Å²) in [5.41, 5.74) is 4.57. The summed E-state index contributed by atoms with van der Waals surface area (Å²) in [7, 11) is 0. The number of nitrogens with two attached hydrogens (primary N) is 1. The quantitative estimate of drug-likeness (QED) is 0.699. The van der Waals surface area contributed by atoms with Crippen LogP contribution in [0.2, 0.25) is 0 Å². The van der Waals surface area contributed by atoms with E-state index in [0.29, 0.717) is 0 Å². The van der Waals surface area contributed by atoms with Crippen LogP contribution in [0.3, 0.4) is 0 Å². The lowest BCUT2D eigenvalue weighted by Crippen LogP contribution is -2.36. The van der Waals surface area contributed by atoms with Crippen LogP contribution in [0.5, 0.6) is 0 Å². The molecular weight excluding hydrogens is 197 g/mol. The smallest absolute Gasteiger partial charge is 0.370 e. The fourth-order valence-electron chi connectivity index (χ4n) is 0.626. The molecule has 1 amide bonds. The van der Waals surface area contributed by atoms with E-state index in [1.54, 1.807) is 0 Å². The van der Waals surface area contributed by atoms with Crippen molar-refractivity contribution in [1.29, 1.82) is 0 Å². The highest BCUT2D eigenvalue weighted by Gasteiger charge is 2.56. The molecule has 0 aliphatic rings. The van der Waals surface area contributed by atoms with E-state index in [0.717, 1.165) is 0 Å². The second kappa shape index (κ2) is 3.89. The lowest BCUT2D eigenvalue weighted by Gasteiger charge is -2.18. The predicted molar refractivity (Wildman–Crippen MR) is 34.0 cm³/mol. The van der Waals surface area contributed by atoms with Gasteiger partial charge < -0.3 is 5.73 Å². The minimum atomic E-state index is -5.55. The molecule has 78 valence electrons. The minimum absolute atomic E-state index is 0.467. The fourth-order valence-corrected chi connectivity index (χ4v) is 0.626. The summed E-state index contributed by atoms with van der Waals surface area (Å²) < 4.78 is 58.7. The standard InChI is InChI=1S/C6H8F5NO/c7-5(8,6(9,10)11)3-1-2-4(12)13/h1-3H2,(H2,12,13). The largest absolute Gasteiger partial charge is 0.453 e. The maximum atomic E-state index is 12.1. The molecule has 0 atom stereocenters. The van der Waals surface area contributed by atoms with E-state index in [4.69, 9.17) is 0 Å². The van der Waals surface area contributed by atoms with Crippen LogP contribution in [0.1, 0.15) is 19.3 Å². The van der Waals surface area contributed by atoms with Gasteiger partial charge in [-0.25, -0.2) is 0 Å². The predicted octanol–water partition coefficient (Wildman–Crippen LogP) is 1.84. The number of halogens is 5. The van der Waals surface area contributed by atoms with Gasteiger partial charge in [0.05, 0.1) is 0 Å². The van der Waals surface area contributed by atoms with Gasteiger partial charge in [-0.3, -0.25) is 4.79 Å². The molecule has 0 aromatic rings. The van der Waals surface area contributed by atoms with Crippen LogP contribution in [0.15, 0.2) is 0 Å². The van der Waals surface area contributed by atoms with Gasteiger partial charge in [-0.15, -0.1) is 0 Å². The summed E-state index contributed by atoms with van der Waals surface area (Å²) in [6.07, 6.45) is -7.99. The first-order valence-corrected chi connectivity index (χ1v) is 3.39. The highest BCUT2D eigenvalue weighted by molar-refractivity contribution is 5.73. The molecule has 0 aromatic heterocycles. The number of rotatable bonds is 4. The monoisotopic (exact) mass is 205 g/mol. The zero-order chi connectivity index (χ0) is 10.7. The maximum Gasteiger partial charge on any atom is 0.453 e. The van der Waals surface area contributed by atoms with Gasteiger partial charge in [-0.2, -0.15) is 22.0 Å². The number of carbonyl (C=O) groups is 1. The van der Waals surface area contributed by atoms with E-state index < -0.39 is 37.3 Å². The molecule has 0 saturated heterocycles. The van der Waals surface area contributed by atoms with Gasteiger partial charge in [0.25, 0.3) is 0 Å². The molecule has 0 heterocycles. The van der Waals surface area contributed by atoms with Gasteiger partial charge >= 0.3 is 12.1 Å². The van der Waals surface area contributed by atoms with E-state index in [9.17, 15) is 26.7 Å². The average Bonchev–Trinajstić information content (AvgIpc) is 1.82. The van der Waals surface area contributed by atoms with Gasteiger partial charge in [0.2, 0.25) is 5.91 Å². The van der Waals surface area contributed by atoms with Crippen molar-refractivity contribution < 1.29 is 26.7 Å². The Balaban J connectivity index is 3.97. The Bertz CT molecular complexity index is 188. The van der Waals surface area contributed by atoms with Gasteiger partial charge in [-0.1, -0.05) is 0 Å². The van der Waals surface area contributed by atoms with Crippen molar-refractivity contribution in [1.82, 2.24) is 0 Å². The Morgan fingerprint density at radius 2 is 1.62 bits per heavy atom. The third-order valence-corrected chi connectivity index (χ3v) is 1.33. The van der Waals surface area contributed by atoms with Crippen molar-refractivity contribution in [2.75, 3.05) is 0 Å². The normalized spacial score (nSPS) is 13.0. The van der Waals surface area contributed by atoms with Gasteiger partial charge in [-0.05, 0) is 6.42 Å². The van der Waals surface area contributed by atoms with Crippen molar-refractivity contribution >= 4 is 5.91 Å². The number of hydrogen-bond donors (Lipinski definition) is 1. The first-order chi connectivity index (χ1) is 5.67. The van der Waals surface area contributed by atoms with Gasteiger partial charge in [0, 0.05) is 12.8 Å². The Kier molecular flexibility index (Phi) is 3.62. The van der Waals surface area contributed by atoms with E-state index in [1.165, 1.54) is 0 Å². The van der Waals surface area contributed by atoms with Crippen LogP contribution in [0, 0.1) is 0 Å². The molecule has 0 bridgehead atoms. The summed E-state index contributed by atoms with van der Waals surface area (Å²) >= 11 is 0. The summed E-state index contributed by atoms with van der Waals surface area (Å²) in [4.78, 5) is 10.0. The van der Waals surface area contributed by atoms with E-state index in [2.05, 4.69) is 5.73 Å². The first kappa shape index (κ1) is 12.1. The van der Waals surface area contributed by atoms with Crippen LogP contribution in [-0.2, 0) is 4.79 Å². The summed E-state index contributed by atoms with van der Waals surface area (Å²) in [5, 5.41) is 0. The Labute approximate surface area is 70.9 Å². The molecule has 0 aliphatic carbocycles. The highest BCUT2D eigenvalue weighted by atomic mass is 19.4. The number of primary amides is 1. The molecule has 0 spiro atoms. The molecule has 0 aliphatic heterocycles. The van der Waals surface area contributed by atoms with Crippen molar-refractivity contribution in [3.05, 3.63) is 0 Å². The number of alkyl halides is 5. The lowest BCUT2D eigenvalue weighted by molar-refractivity contribution is -0.284. The zero-order valence-electron chi connectivity index (χ0n) is 6.50. The molecule has 7 heteroatoms. The van der Waals surface area contributed by atoms with E-state index >= 15 is 0 Å².